The van der Waals surface area contributed by atoms with Crippen LogP contribution in [-0.2, 0) is 9.59 Å². The van der Waals surface area contributed by atoms with E-state index in [1.165, 1.54) is 4.90 Å². The van der Waals surface area contributed by atoms with Crippen LogP contribution in [0.5, 0.6) is 0 Å². The Kier molecular flexibility index (Phi) is 6.00. The van der Waals surface area contributed by atoms with E-state index in [-0.39, 0.29) is 17.9 Å². The Morgan fingerprint density at radius 3 is 2.23 bits per heavy atom. The number of aromatic nitrogens is 2. The van der Waals surface area contributed by atoms with Crippen molar-refractivity contribution in [3.05, 3.63) is 46.7 Å². The second kappa shape index (κ2) is 8.70. The van der Waals surface area contributed by atoms with Gasteiger partial charge < -0.3 is 15.1 Å². The van der Waals surface area contributed by atoms with Crippen LogP contribution in [0.2, 0.25) is 5.02 Å². The number of hydrogen-bond acceptors (Lipinski definition) is 4. The summed E-state index contributed by atoms with van der Waals surface area (Å²) in [6, 6.07) is 7.46. The molecule has 1 aromatic heterocycles. The first-order valence-electron chi connectivity index (χ1n) is 10.6. The molecule has 1 aliphatic heterocycles. The van der Waals surface area contributed by atoms with Crippen LogP contribution in [0, 0.1) is 0 Å². The van der Waals surface area contributed by atoms with Gasteiger partial charge in [0.2, 0.25) is 0 Å². The highest BCUT2D eigenvalue weighted by atomic mass is 35.5. The van der Waals surface area contributed by atoms with E-state index in [9.17, 15) is 14.4 Å². The summed E-state index contributed by atoms with van der Waals surface area (Å²) in [5, 5.41) is 7.82. The first-order valence-corrected chi connectivity index (χ1v) is 11.0. The van der Waals surface area contributed by atoms with Crippen LogP contribution in [0.25, 0.3) is 5.69 Å². The van der Waals surface area contributed by atoms with E-state index in [1.807, 2.05) is 26.0 Å². The second-order valence-corrected chi connectivity index (χ2v) is 8.75. The van der Waals surface area contributed by atoms with Crippen LogP contribution < -0.4 is 5.32 Å². The molecule has 8 nitrogen and oxygen atoms in total. The van der Waals surface area contributed by atoms with Gasteiger partial charge in [-0.15, -0.1) is 0 Å². The first kappa shape index (κ1) is 21.4. The number of carbonyl (C=O) groups excluding carboxylic acids is 3. The number of nitrogens with one attached hydrogen (secondary N) is 1. The fraction of sp³-hybridized carbons (Fsp3) is 0.455. The number of benzene rings is 1. The normalized spacial score (nSPS) is 16.5. The van der Waals surface area contributed by atoms with E-state index in [0.29, 0.717) is 36.8 Å². The third-order valence-electron chi connectivity index (χ3n) is 5.62. The average molecular weight is 444 g/mol. The molecule has 2 heterocycles. The molecule has 3 amide bonds. The Hall–Kier alpha value is -2.87. The van der Waals surface area contributed by atoms with Crippen molar-refractivity contribution in [1.29, 1.82) is 0 Å². The molecule has 9 heteroatoms. The molecule has 0 unspecified atom stereocenters. The highest BCUT2D eigenvalue weighted by Crippen LogP contribution is 2.25. The Morgan fingerprint density at radius 1 is 1.03 bits per heavy atom. The molecule has 0 bridgehead atoms. The largest absolute Gasteiger partial charge is 0.345 e. The minimum atomic E-state index is -0.548. The Bertz CT molecular complexity index is 989. The monoisotopic (exact) mass is 443 g/mol. The van der Waals surface area contributed by atoms with E-state index in [0.717, 1.165) is 24.2 Å². The third-order valence-corrected chi connectivity index (χ3v) is 5.87. The van der Waals surface area contributed by atoms with Gasteiger partial charge in [-0.25, -0.2) is 4.68 Å². The predicted molar refractivity (Wildman–Crippen MR) is 116 cm³/mol. The van der Waals surface area contributed by atoms with Crippen molar-refractivity contribution in [2.24, 2.45) is 0 Å². The lowest BCUT2D eigenvalue weighted by atomic mass is 10.0. The lowest BCUT2D eigenvalue weighted by Gasteiger charge is -2.34. The Labute approximate surface area is 186 Å². The van der Waals surface area contributed by atoms with E-state index < -0.39 is 11.8 Å². The van der Waals surface area contributed by atoms with Crippen molar-refractivity contribution in [2.75, 3.05) is 26.2 Å². The van der Waals surface area contributed by atoms with Gasteiger partial charge in [-0.2, -0.15) is 5.10 Å². The zero-order valence-corrected chi connectivity index (χ0v) is 18.4. The number of rotatable bonds is 4. The molecule has 1 saturated heterocycles. The number of piperazine rings is 1. The highest BCUT2D eigenvalue weighted by molar-refractivity contribution is 6.35. The van der Waals surface area contributed by atoms with Crippen molar-refractivity contribution in [1.82, 2.24) is 24.9 Å². The van der Waals surface area contributed by atoms with Crippen LogP contribution in [0.3, 0.4) is 0 Å². The summed E-state index contributed by atoms with van der Waals surface area (Å²) < 4.78 is 1.77. The third kappa shape index (κ3) is 4.58. The van der Waals surface area contributed by atoms with Gasteiger partial charge in [0.05, 0.1) is 23.1 Å². The van der Waals surface area contributed by atoms with Crippen LogP contribution in [0.15, 0.2) is 30.5 Å². The second-order valence-electron chi connectivity index (χ2n) is 8.32. The van der Waals surface area contributed by atoms with Gasteiger partial charge in [-0.1, -0.05) is 25.4 Å². The van der Waals surface area contributed by atoms with Crippen molar-refractivity contribution in [3.8, 4) is 5.69 Å². The first-order chi connectivity index (χ1) is 14.8. The maximum Gasteiger partial charge on any atom is 0.312 e. The SMILES string of the molecule is CC(C)c1c(C(=O)N2CCN(C(=O)C(=O)NC3CC3)CC2)cnn1-c1ccc(Cl)cc1. The fourth-order valence-corrected chi connectivity index (χ4v) is 3.89. The number of hydrogen-bond donors (Lipinski definition) is 1. The zero-order valence-electron chi connectivity index (χ0n) is 17.7. The molecule has 0 spiro atoms. The molecular formula is C22H26ClN5O3. The van der Waals surface area contributed by atoms with E-state index in [1.54, 1.807) is 27.9 Å². The molecule has 2 fully saturated rings. The van der Waals surface area contributed by atoms with Crippen LogP contribution in [-0.4, -0.2) is 69.5 Å². The molecule has 164 valence electrons. The minimum Gasteiger partial charge on any atom is -0.345 e. The molecule has 0 atom stereocenters. The van der Waals surface area contributed by atoms with Crippen LogP contribution >= 0.6 is 11.6 Å². The number of nitrogens with zero attached hydrogens (tertiary/aromatic N) is 4. The lowest BCUT2D eigenvalue weighted by molar-refractivity contribution is -0.146. The maximum absolute atomic E-state index is 13.3. The molecule has 0 radical (unpaired) electrons. The van der Waals surface area contributed by atoms with E-state index in [4.69, 9.17) is 11.6 Å². The van der Waals surface area contributed by atoms with Crippen LogP contribution in [0.1, 0.15) is 48.7 Å². The van der Waals surface area contributed by atoms with Gasteiger partial charge in [0.1, 0.15) is 0 Å². The molecular weight excluding hydrogens is 418 g/mol. The van der Waals surface area contributed by atoms with Gasteiger partial charge in [-0.05, 0) is 43.0 Å². The number of amides is 3. The Morgan fingerprint density at radius 2 is 1.65 bits per heavy atom. The summed E-state index contributed by atoms with van der Waals surface area (Å²) in [6.07, 6.45) is 3.47. The summed E-state index contributed by atoms with van der Waals surface area (Å²) in [4.78, 5) is 40.8. The summed E-state index contributed by atoms with van der Waals surface area (Å²) in [5.41, 5.74) is 2.22. The van der Waals surface area contributed by atoms with Crippen molar-refractivity contribution < 1.29 is 14.4 Å². The Balaban J connectivity index is 1.45. The molecule has 1 N–H and O–H groups in total. The molecule has 31 heavy (non-hydrogen) atoms. The minimum absolute atomic E-state index is 0.0751. The number of halogens is 1. The zero-order chi connectivity index (χ0) is 22.1. The molecule has 1 saturated carbocycles. The van der Waals surface area contributed by atoms with E-state index >= 15 is 0 Å². The molecule has 1 aromatic carbocycles. The highest BCUT2D eigenvalue weighted by Gasteiger charge is 2.33. The summed E-state index contributed by atoms with van der Waals surface area (Å²) in [6.45, 7) is 5.48. The summed E-state index contributed by atoms with van der Waals surface area (Å²) >= 11 is 6.00. The molecule has 2 aromatic rings. The molecule has 2 aliphatic rings. The van der Waals surface area contributed by atoms with Gasteiger partial charge in [0.25, 0.3) is 5.91 Å². The fourth-order valence-electron chi connectivity index (χ4n) is 3.77. The quantitative estimate of drug-likeness (QED) is 0.734. The van der Waals surface area contributed by atoms with Crippen molar-refractivity contribution in [3.63, 3.8) is 0 Å². The summed E-state index contributed by atoms with van der Waals surface area (Å²) in [7, 11) is 0. The van der Waals surface area contributed by atoms with Crippen molar-refractivity contribution >= 4 is 29.3 Å². The topological polar surface area (TPSA) is 87.5 Å². The summed E-state index contributed by atoms with van der Waals surface area (Å²) in [5.74, 6) is -1.10. The van der Waals surface area contributed by atoms with Gasteiger partial charge in [0.15, 0.2) is 0 Å². The van der Waals surface area contributed by atoms with Gasteiger partial charge in [-0.3, -0.25) is 14.4 Å². The molecule has 1 aliphatic carbocycles. The average Bonchev–Trinajstić information content (AvgIpc) is 3.47. The van der Waals surface area contributed by atoms with Gasteiger partial charge >= 0.3 is 11.8 Å². The van der Waals surface area contributed by atoms with E-state index in [2.05, 4.69) is 10.4 Å². The smallest absolute Gasteiger partial charge is 0.312 e. The van der Waals surface area contributed by atoms with Gasteiger partial charge in [0, 0.05) is 37.2 Å². The van der Waals surface area contributed by atoms with Crippen LogP contribution in [0.4, 0.5) is 0 Å². The predicted octanol–water partition coefficient (Wildman–Crippen LogP) is 2.21. The maximum atomic E-state index is 13.3. The number of carbonyl (C=O) groups is 3. The van der Waals surface area contributed by atoms with Crippen molar-refractivity contribution in [2.45, 2.75) is 38.6 Å². The lowest BCUT2D eigenvalue weighted by Crippen LogP contribution is -2.54. The standard InChI is InChI=1S/C22H26ClN5O3/c1-14(2)19-18(13-24-28(19)17-7-3-15(23)4-8-17)21(30)26-9-11-27(12-10-26)22(31)20(29)25-16-5-6-16/h3-4,7-8,13-14,16H,5-6,9-12H2,1-2H3,(H,25,29). The molecule has 4 rings (SSSR count).